The highest BCUT2D eigenvalue weighted by atomic mass is 79.9. The third kappa shape index (κ3) is 3.04. The van der Waals surface area contributed by atoms with Gasteiger partial charge in [0.15, 0.2) is 0 Å². The number of hydrogen-bond donors (Lipinski definition) is 0. The van der Waals surface area contributed by atoms with Crippen LogP contribution in [0.2, 0.25) is 0 Å². The Morgan fingerprint density at radius 1 is 1.23 bits per heavy atom. The molecular formula is C15H15BrN4O2. The molecule has 1 aliphatic rings. The minimum Gasteiger partial charge on any atom is -0.481 e. The van der Waals surface area contributed by atoms with Crippen molar-refractivity contribution < 1.29 is 9.53 Å². The van der Waals surface area contributed by atoms with E-state index in [0.717, 1.165) is 22.5 Å². The molecule has 2 aromatic heterocycles. The molecule has 0 unspecified atom stereocenters. The lowest BCUT2D eigenvalue weighted by Crippen LogP contribution is -2.50. The van der Waals surface area contributed by atoms with Crippen LogP contribution in [-0.4, -0.2) is 42.6 Å². The van der Waals surface area contributed by atoms with Gasteiger partial charge in [-0.3, -0.25) is 4.79 Å². The summed E-state index contributed by atoms with van der Waals surface area (Å²) in [7, 11) is 1.56. The van der Waals surface area contributed by atoms with E-state index >= 15 is 0 Å². The summed E-state index contributed by atoms with van der Waals surface area (Å²) in [6.45, 7) is 1.63. The standard InChI is InChI=1S/C15H15BrN4O2/c1-22-14-8-12(4-5-17-14)20-7-6-19(10-15(20)21)13-3-2-11(16)9-18-13/h2-5,8-9H,6-7,10H2,1H3. The highest BCUT2D eigenvalue weighted by Crippen LogP contribution is 2.23. The second kappa shape index (κ2) is 6.31. The summed E-state index contributed by atoms with van der Waals surface area (Å²) < 4.78 is 6.03. The van der Waals surface area contributed by atoms with Crippen LogP contribution in [-0.2, 0) is 4.79 Å². The fraction of sp³-hybridized carbons (Fsp3) is 0.267. The summed E-state index contributed by atoms with van der Waals surface area (Å²) in [6, 6.07) is 7.41. The smallest absolute Gasteiger partial charge is 0.246 e. The average Bonchev–Trinajstić information content (AvgIpc) is 2.55. The highest BCUT2D eigenvalue weighted by molar-refractivity contribution is 9.10. The van der Waals surface area contributed by atoms with E-state index in [2.05, 4.69) is 25.9 Å². The lowest BCUT2D eigenvalue weighted by Gasteiger charge is -2.35. The Hall–Kier alpha value is -2.15. The number of carbonyl (C=O) groups excluding carboxylic acids is 1. The summed E-state index contributed by atoms with van der Waals surface area (Å²) in [5.41, 5.74) is 0.806. The van der Waals surface area contributed by atoms with Gasteiger partial charge < -0.3 is 14.5 Å². The van der Waals surface area contributed by atoms with Crippen molar-refractivity contribution in [2.24, 2.45) is 0 Å². The predicted octanol–water partition coefficient (Wildman–Crippen LogP) is 2.10. The number of hydrogen-bond acceptors (Lipinski definition) is 5. The van der Waals surface area contributed by atoms with Crippen LogP contribution in [0.1, 0.15) is 0 Å². The van der Waals surface area contributed by atoms with Crippen LogP contribution in [0, 0.1) is 0 Å². The Morgan fingerprint density at radius 2 is 2.09 bits per heavy atom. The summed E-state index contributed by atoms with van der Waals surface area (Å²) in [4.78, 5) is 24.6. The van der Waals surface area contributed by atoms with E-state index in [0.29, 0.717) is 19.0 Å². The van der Waals surface area contributed by atoms with Gasteiger partial charge in [0.05, 0.1) is 19.3 Å². The number of methoxy groups -OCH3 is 1. The van der Waals surface area contributed by atoms with Crippen LogP contribution in [0.3, 0.4) is 0 Å². The molecule has 0 bridgehead atoms. The first-order chi connectivity index (χ1) is 10.7. The molecule has 6 nitrogen and oxygen atoms in total. The van der Waals surface area contributed by atoms with Gasteiger partial charge in [-0.2, -0.15) is 0 Å². The molecule has 22 heavy (non-hydrogen) atoms. The van der Waals surface area contributed by atoms with Crippen molar-refractivity contribution in [3.05, 3.63) is 41.1 Å². The van der Waals surface area contributed by atoms with Crippen molar-refractivity contribution in [1.82, 2.24) is 9.97 Å². The maximum absolute atomic E-state index is 12.4. The number of pyridine rings is 2. The molecule has 1 aliphatic heterocycles. The van der Waals surface area contributed by atoms with Crippen molar-refractivity contribution in [2.75, 3.05) is 36.5 Å². The number of anilines is 2. The number of halogens is 1. The van der Waals surface area contributed by atoms with E-state index < -0.39 is 0 Å². The molecule has 0 aromatic carbocycles. The zero-order valence-corrected chi connectivity index (χ0v) is 13.7. The van der Waals surface area contributed by atoms with Crippen LogP contribution in [0.5, 0.6) is 5.88 Å². The van der Waals surface area contributed by atoms with Crippen molar-refractivity contribution in [2.45, 2.75) is 0 Å². The van der Waals surface area contributed by atoms with Crippen LogP contribution in [0.15, 0.2) is 41.1 Å². The molecule has 3 heterocycles. The van der Waals surface area contributed by atoms with Crippen LogP contribution >= 0.6 is 15.9 Å². The molecule has 3 rings (SSSR count). The predicted molar refractivity (Wildman–Crippen MR) is 87.3 cm³/mol. The van der Waals surface area contributed by atoms with E-state index in [9.17, 15) is 4.79 Å². The molecule has 0 spiro atoms. The number of carbonyl (C=O) groups is 1. The van der Waals surface area contributed by atoms with Crippen molar-refractivity contribution >= 4 is 33.3 Å². The van der Waals surface area contributed by atoms with E-state index in [1.54, 1.807) is 30.5 Å². The van der Waals surface area contributed by atoms with E-state index in [1.807, 2.05) is 23.1 Å². The molecule has 1 saturated heterocycles. The Labute approximate surface area is 136 Å². The second-order valence-corrected chi connectivity index (χ2v) is 5.77. The van der Waals surface area contributed by atoms with Gasteiger partial charge in [-0.05, 0) is 34.1 Å². The van der Waals surface area contributed by atoms with Gasteiger partial charge in [0.25, 0.3) is 0 Å². The molecule has 2 aromatic rings. The minimum atomic E-state index is 0.0317. The van der Waals surface area contributed by atoms with Gasteiger partial charge in [-0.1, -0.05) is 0 Å². The first kappa shape index (κ1) is 14.8. The molecule has 0 aliphatic carbocycles. The molecule has 1 fully saturated rings. The molecular weight excluding hydrogens is 348 g/mol. The van der Waals surface area contributed by atoms with Crippen molar-refractivity contribution in [1.29, 1.82) is 0 Å². The van der Waals surface area contributed by atoms with Gasteiger partial charge in [0.2, 0.25) is 11.8 Å². The Kier molecular flexibility index (Phi) is 4.24. The van der Waals surface area contributed by atoms with Crippen molar-refractivity contribution in [3.63, 3.8) is 0 Å². The number of ether oxygens (including phenoxy) is 1. The fourth-order valence-electron chi connectivity index (χ4n) is 2.38. The number of aromatic nitrogens is 2. The molecule has 1 amide bonds. The molecule has 0 atom stereocenters. The largest absolute Gasteiger partial charge is 0.481 e. The minimum absolute atomic E-state index is 0.0317. The van der Waals surface area contributed by atoms with E-state index in [-0.39, 0.29) is 5.91 Å². The summed E-state index contributed by atoms with van der Waals surface area (Å²) in [5, 5.41) is 0. The average molecular weight is 363 g/mol. The van der Waals surface area contributed by atoms with Gasteiger partial charge in [0, 0.05) is 36.0 Å². The summed E-state index contributed by atoms with van der Waals surface area (Å²) in [5.74, 6) is 1.34. The van der Waals surface area contributed by atoms with Crippen LogP contribution in [0.25, 0.3) is 0 Å². The third-order valence-electron chi connectivity index (χ3n) is 3.50. The van der Waals surface area contributed by atoms with Crippen LogP contribution in [0.4, 0.5) is 11.5 Å². The number of piperazine rings is 1. The monoisotopic (exact) mass is 362 g/mol. The van der Waals surface area contributed by atoms with Gasteiger partial charge in [-0.25, -0.2) is 9.97 Å². The maximum atomic E-state index is 12.4. The Bertz CT molecular complexity index is 677. The SMILES string of the molecule is COc1cc(N2CCN(c3ccc(Br)cn3)CC2=O)ccn1. The molecule has 0 N–H and O–H groups in total. The lowest BCUT2D eigenvalue weighted by molar-refractivity contribution is -0.117. The second-order valence-electron chi connectivity index (χ2n) is 4.86. The Morgan fingerprint density at radius 3 is 2.77 bits per heavy atom. The van der Waals surface area contributed by atoms with E-state index in [1.165, 1.54) is 0 Å². The number of nitrogens with zero attached hydrogens (tertiary/aromatic N) is 4. The third-order valence-corrected chi connectivity index (χ3v) is 3.96. The summed E-state index contributed by atoms with van der Waals surface area (Å²) >= 11 is 3.36. The summed E-state index contributed by atoms with van der Waals surface area (Å²) in [6.07, 6.45) is 3.38. The first-order valence-electron chi connectivity index (χ1n) is 6.84. The van der Waals surface area contributed by atoms with Gasteiger partial charge in [0.1, 0.15) is 5.82 Å². The van der Waals surface area contributed by atoms with Gasteiger partial charge in [-0.15, -0.1) is 0 Å². The quantitative estimate of drug-likeness (QED) is 0.836. The zero-order chi connectivity index (χ0) is 15.5. The Balaban J connectivity index is 1.74. The lowest BCUT2D eigenvalue weighted by atomic mass is 10.2. The van der Waals surface area contributed by atoms with Crippen molar-refractivity contribution in [3.8, 4) is 5.88 Å². The molecule has 0 saturated carbocycles. The molecule has 0 radical (unpaired) electrons. The van der Waals surface area contributed by atoms with E-state index in [4.69, 9.17) is 4.74 Å². The maximum Gasteiger partial charge on any atom is 0.246 e. The number of rotatable bonds is 3. The normalized spacial score (nSPS) is 15.1. The topological polar surface area (TPSA) is 58.6 Å². The molecule has 7 heteroatoms. The fourth-order valence-corrected chi connectivity index (χ4v) is 2.61. The first-order valence-corrected chi connectivity index (χ1v) is 7.63. The highest BCUT2D eigenvalue weighted by Gasteiger charge is 2.26. The van der Waals surface area contributed by atoms with Gasteiger partial charge >= 0.3 is 0 Å². The number of amides is 1. The zero-order valence-electron chi connectivity index (χ0n) is 12.1. The molecule has 114 valence electrons. The van der Waals surface area contributed by atoms with Crippen LogP contribution < -0.4 is 14.5 Å².